The smallest absolute Gasteiger partial charge is 0.276 e. The number of amides is 2. The van der Waals surface area contributed by atoms with E-state index in [9.17, 15) is 9.59 Å². The Kier molecular flexibility index (Phi) is 6.78. The number of halogens is 1. The number of aryl methyl sites for hydroxylation is 2. The molecule has 10 heteroatoms. The highest BCUT2D eigenvalue weighted by Crippen LogP contribution is 2.25. The second-order valence-corrected chi connectivity index (χ2v) is 8.48. The summed E-state index contributed by atoms with van der Waals surface area (Å²) in [4.78, 5) is 25.7. The number of nitrogens with one attached hydrogen (secondary N) is 2. The maximum Gasteiger partial charge on any atom is 0.276 e. The van der Waals surface area contributed by atoms with Crippen molar-refractivity contribution in [3.8, 4) is 5.75 Å². The lowest BCUT2D eigenvalue weighted by molar-refractivity contribution is 0.101. The maximum atomic E-state index is 12.9. The van der Waals surface area contributed by atoms with E-state index in [1.807, 2.05) is 43.3 Å². The Morgan fingerprint density at radius 1 is 0.912 bits per heavy atom. The molecule has 0 fully saturated rings. The van der Waals surface area contributed by atoms with Crippen molar-refractivity contribution >= 4 is 39.1 Å². The van der Waals surface area contributed by atoms with E-state index in [0.717, 1.165) is 21.5 Å². The average molecular weight is 523 g/mol. The van der Waals surface area contributed by atoms with Crippen molar-refractivity contribution in [2.45, 2.75) is 13.5 Å². The van der Waals surface area contributed by atoms with Crippen LogP contribution in [0, 0.1) is 6.92 Å². The van der Waals surface area contributed by atoms with Crippen LogP contribution in [0.5, 0.6) is 5.75 Å². The van der Waals surface area contributed by atoms with Crippen LogP contribution in [0.2, 0.25) is 0 Å². The third kappa shape index (κ3) is 5.01. The number of aromatic nitrogens is 4. The summed E-state index contributed by atoms with van der Waals surface area (Å²) in [6.07, 6.45) is 3.02. The van der Waals surface area contributed by atoms with Gasteiger partial charge in [0.1, 0.15) is 18.1 Å². The first kappa shape index (κ1) is 23.2. The van der Waals surface area contributed by atoms with Gasteiger partial charge in [-0.15, -0.1) is 0 Å². The quantitative estimate of drug-likeness (QED) is 0.376. The Morgan fingerprint density at radius 2 is 1.56 bits per heavy atom. The highest BCUT2D eigenvalue weighted by molar-refractivity contribution is 9.10. The molecule has 0 aliphatic rings. The number of hydrogen-bond acceptors (Lipinski definition) is 5. The van der Waals surface area contributed by atoms with Gasteiger partial charge in [-0.1, -0.05) is 24.3 Å². The molecule has 2 heterocycles. The molecule has 0 aliphatic heterocycles. The molecule has 174 valence electrons. The predicted octanol–water partition coefficient (Wildman–Crippen LogP) is 4.31. The molecule has 0 saturated heterocycles. The molecule has 4 aromatic rings. The van der Waals surface area contributed by atoms with E-state index in [1.165, 1.54) is 10.9 Å². The number of benzene rings is 2. The number of rotatable bonds is 7. The van der Waals surface area contributed by atoms with Gasteiger partial charge in [0.15, 0.2) is 0 Å². The average Bonchev–Trinajstić information content (AvgIpc) is 3.35. The molecular formula is C24H23BrN6O3. The first-order chi connectivity index (χ1) is 16.3. The van der Waals surface area contributed by atoms with Crippen molar-refractivity contribution in [1.82, 2.24) is 19.6 Å². The number of carbonyl (C=O) groups excluding carboxylic acids is 2. The van der Waals surface area contributed by atoms with Crippen molar-refractivity contribution < 1.29 is 14.3 Å². The predicted molar refractivity (Wildman–Crippen MR) is 132 cm³/mol. The van der Waals surface area contributed by atoms with Crippen LogP contribution in [0.25, 0.3) is 0 Å². The lowest BCUT2D eigenvalue weighted by Gasteiger charge is -2.10. The van der Waals surface area contributed by atoms with Gasteiger partial charge in [0.25, 0.3) is 11.8 Å². The molecule has 0 radical (unpaired) electrons. The zero-order valence-corrected chi connectivity index (χ0v) is 20.5. The minimum atomic E-state index is -0.397. The molecule has 4 rings (SSSR count). The van der Waals surface area contributed by atoms with E-state index in [4.69, 9.17) is 4.74 Å². The number of ether oxygens (including phenoxy) is 1. The summed E-state index contributed by atoms with van der Waals surface area (Å²) < 4.78 is 9.77. The van der Waals surface area contributed by atoms with E-state index in [-0.39, 0.29) is 11.6 Å². The van der Waals surface area contributed by atoms with Crippen LogP contribution < -0.4 is 15.4 Å². The van der Waals surface area contributed by atoms with E-state index >= 15 is 0 Å². The minimum Gasteiger partial charge on any atom is -0.488 e. The van der Waals surface area contributed by atoms with Crippen LogP contribution in [0.3, 0.4) is 0 Å². The van der Waals surface area contributed by atoms with E-state index < -0.39 is 5.91 Å². The summed E-state index contributed by atoms with van der Waals surface area (Å²) >= 11 is 3.46. The maximum absolute atomic E-state index is 12.9. The number of hydrogen-bond donors (Lipinski definition) is 2. The Labute approximate surface area is 204 Å². The van der Waals surface area contributed by atoms with Crippen LogP contribution in [0.15, 0.2) is 65.4 Å². The van der Waals surface area contributed by atoms with Crippen molar-refractivity contribution in [3.05, 3.63) is 87.9 Å². The highest BCUT2D eigenvalue weighted by atomic mass is 79.9. The molecule has 0 saturated carbocycles. The fourth-order valence-electron chi connectivity index (χ4n) is 3.27. The first-order valence-electron chi connectivity index (χ1n) is 10.4. The molecule has 0 aliphatic carbocycles. The lowest BCUT2D eigenvalue weighted by atomic mass is 10.1. The second-order valence-electron chi connectivity index (χ2n) is 7.62. The minimum absolute atomic E-state index is 0.232. The van der Waals surface area contributed by atoms with Gasteiger partial charge < -0.3 is 15.4 Å². The van der Waals surface area contributed by atoms with Crippen molar-refractivity contribution in [1.29, 1.82) is 0 Å². The van der Waals surface area contributed by atoms with E-state index in [1.54, 1.807) is 37.1 Å². The molecule has 0 bridgehead atoms. The Morgan fingerprint density at radius 3 is 2.24 bits per heavy atom. The van der Waals surface area contributed by atoms with Gasteiger partial charge in [-0.3, -0.25) is 19.0 Å². The third-order valence-electron chi connectivity index (χ3n) is 5.33. The zero-order valence-electron chi connectivity index (χ0n) is 18.9. The Hall–Kier alpha value is -3.92. The zero-order chi connectivity index (χ0) is 24.2. The summed E-state index contributed by atoms with van der Waals surface area (Å²) in [5, 5.41) is 13.8. The van der Waals surface area contributed by atoms with Gasteiger partial charge in [0.2, 0.25) is 0 Å². The second kappa shape index (κ2) is 9.92. The van der Waals surface area contributed by atoms with Gasteiger partial charge in [-0.05, 0) is 52.7 Å². The van der Waals surface area contributed by atoms with Crippen molar-refractivity contribution in [3.63, 3.8) is 0 Å². The molecule has 2 N–H and O–H groups in total. The number of carbonyl (C=O) groups is 2. The fraction of sp³-hybridized carbons (Fsp3) is 0.167. The Bertz CT molecular complexity index is 1340. The largest absolute Gasteiger partial charge is 0.488 e. The van der Waals surface area contributed by atoms with E-state index in [2.05, 4.69) is 36.8 Å². The first-order valence-corrected chi connectivity index (χ1v) is 11.2. The van der Waals surface area contributed by atoms with Crippen LogP contribution in [0.4, 0.5) is 11.4 Å². The molecule has 2 aromatic carbocycles. The summed E-state index contributed by atoms with van der Waals surface area (Å²) in [7, 11) is 3.43. The Balaban J connectivity index is 1.42. The standard InChI is InChI=1S/C24H23BrN6O3/c1-15-19(12-26-30(15)2)28-24(33)22-20(13-27-31(22)3)29-23(32)17-10-8-16(9-11-17)14-34-21-7-5-4-6-18(21)25/h4-13H,14H2,1-3H3,(H,28,33)(H,29,32). The number of nitrogens with zero attached hydrogens (tertiary/aromatic N) is 4. The summed E-state index contributed by atoms with van der Waals surface area (Å²) in [6, 6.07) is 14.7. The van der Waals surface area contributed by atoms with Crippen LogP contribution in [-0.4, -0.2) is 31.4 Å². The van der Waals surface area contributed by atoms with E-state index in [0.29, 0.717) is 23.5 Å². The summed E-state index contributed by atoms with van der Waals surface area (Å²) in [5.74, 6) is -0.00275. The van der Waals surface area contributed by atoms with Gasteiger partial charge in [-0.2, -0.15) is 10.2 Å². The number of para-hydroxylation sites is 1. The lowest BCUT2D eigenvalue weighted by Crippen LogP contribution is -2.20. The third-order valence-corrected chi connectivity index (χ3v) is 5.99. The van der Waals surface area contributed by atoms with Crippen LogP contribution >= 0.6 is 15.9 Å². The van der Waals surface area contributed by atoms with Crippen LogP contribution in [0.1, 0.15) is 32.1 Å². The van der Waals surface area contributed by atoms with Gasteiger partial charge in [-0.25, -0.2) is 0 Å². The summed E-state index contributed by atoms with van der Waals surface area (Å²) in [6.45, 7) is 2.22. The fourth-order valence-corrected chi connectivity index (χ4v) is 3.67. The molecule has 0 atom stereocenters. The normalized spacial score (nSPS) is 10.7. The topological polar surface area (TPSA) is 103 Å². The SMILES string of the molecule is Cc1c(NC(=O)c2c(NC(=O)c3ccc(COc4ccccc4Br)cc3)cnn2C)cnn1C. The molecule has 9 nitrogen and oxygen atoms in total. The number of anilines is 2. The van der Waals surface area contributed by atoms with Gasteiger partial charge in [0.05, 0.1) is 33.9 Å². The van der Waals surface area contributed by atoms with Gasteiger partial charge >= 0.3 is 0 Å². The molecule has 34 heavy (non-hydrogen) atoms. The van der Waals surface area contributed by atoms with Crippen LogP contribution in [-0.2, 0) is 20.7 Å². The highest BCUT2D eigenvalue weighted by Gasteiger charge is 2.20. The summed E-state index contributed by atoms with van der Waals surface area (Å²) in [5.41, 5.74) is 3.31. The molecular weight excluding hydrogens is 500 g/mol. The molecule has 0 unspecified atom stereocenters. The van der Waals surface area contributed by atoms with Crippen molar-refractivity contribution in [2.24, 2.45) is 14.1 Å². The monoisotopic (exact) mass is 522 g/mol. The molecule has 0 spiro atoms. The van der Waals surface area contributed by atoms with Gasteiger partial charge in [0, 0.05) is 19.7 Å². The van der Waals surface area contributed by atoms with Crippen molar-refractivity contribution in [2.75, 3.05) is 10.6 Å². The molecule has 2 aromatic heterocycles. The molecule has 2 amide bonds.